The van der Waals surface area contributed by atoms with Crippen molar-refractivity contribution in [2.24, 2.45) is 0 Å². The minimum absolute atomic E-state index is 0.00767. The summed E-state index contributed by atoms with van der Waals surface area (Å²) in [5.41, 5.74) is 2.94. The molecule has 19 heavy (non-hydrogen) atoms. The second-order valence-electron chi connectivity index (χ2n) is 4.12. The fourth-order valence-electron chi connectivity index (χ4n) is 1.55. The number of hydrogen-bond donors (Lipinski definition) is 1. The number of nitrogens with one attached hydrogen (secondary N) is 1. The van der Waals surface area contributed by atoms with Gasteiger partial charge in [-0.15, -0.1) is 0 Å². The van der Waals surface area contributed by atoms with E-state index in [2.05, 4.69) is 15.3 Å². The van der Waals surface area contributed by atoms with Gasteiger partial charge >= 0.3 is 0 Å². The normalized spacial score (nSPS) is 10.3. The van der Waals surface area contributed by atoms with E-state index in [1.165, 1.54) is 6.20 Å². The third kappa shape index (κ3) is 3.22. The molecule has 0 unspecified atom stereocenters. The number of amides is 1. The van der Waals surface area contributed by atoms with Gasteiger partial charge in [-0.25, -0.2) is 9.97 Å². The van der Waals surface area contributed by atoms with Crippen molar-refractivity contribution in [3.63, 3.8) is 0 Å². The maximum absolute atomic E-state index is 12.1. The summed E-state index contributed by atoms with van der Waals surface area (Å²) < 4.78 is 0. The lowest BCUT2D eigenvalue weighted by Crippen LogP contribution is -2.14. The van der Waals surface area contributed by atoms with Crippen LogP contribution < -0.4 is 5.32 Å². The fourth-order valence-corrected chi connectivity index (χ4v) is 1.94. The number of nitrogens with zero attached hydrogens (tertiary/aromatic N) is 2. The number of aromatic nitrogens is 2. The van der Waals surface area contributed by atoms with Gasteiger partial charge in [0.25, 0.3) is 5.91 Å². The Kier molecular flexibility index (Phi) is 4.02. The van der Waals surface area contributed by atoms with E-state index >= 15 is 0 Å². The zero-order valence-electron chi connectivity index (χ0n) is 10.4. The highest BCUT2D eigenvalue weighted by Gasteiger charge is 2.14. The van der Waals surface area contributed by atoms with Crippen LogP contribution in [0.25, 0.3) is 0 Å². The average Bonchev–Trinajstić information content (AvgIpc) is 2.33. The Balaban J connectivity index is 2.28. The molecule has 0 aliphatic carbocycles. The quantitative estimate of drug-likeness (QED) is 0.679. The zero-order valence-corrected chi connectivity index (χ0v) is 11.9. The molecule has 0 atom stereocenters. The van der Waals surface area contributed by atoms with E-state index in [1.54, 1.807) is 0 Å². The number of benzene rings is 1. The molecule has 0 spiro atoms. The van der Waals surface area contributed by atoms with Crippen LogP contribution >= 0.6 is 23.2 Å². The molecule has 0 saturated heterocycles. The summed E-state index contributed by atoms with van der Waals surface area (Å²) in [6, 6.07) is 5.80. The van der Waals surface area contributed by atoms with Crippen LogP contribution in [-0.2, 0) is 0 Å². The van der Waals surface area contributed by atoms with Gasteiger partial charge in [0.2, 0.25) is 5.28 Å². The molecule has 1 heterocycles. The first-order valence-electron chi connectivity index (χ1n) is 5.54. The second kappa shape index (κ2) is 5.55. The highest BCUT2D eigenvalue weighted by atomic mass is 35.5. The van der Waals surface area contributed by atoms with Gasteiger partial charge in [-0.05, 0) is 42.6 Å². The molecule has 1 aromatic heterocycles. The minimum Gasteiger partial charge on any atom is -0.322 e. The van der Waals surface area contributed by atoms with E-state index in [4.69, 9.17) is 23.2 Å². The molecule has 0 radical (unpaired) electrons. The van der Waals surface area contributed by atoms with Crippen molar-refractivity contribution >= 4 is 34.8 Å². The van der Waals surface area contributed by atoms with E-state index in [-0.39, 0.29) is 21.9 Å². The molecule has 6 heteroatoms. The van der Waals surface area contributed by atoms with Crippen molar-refractivity contribution in [3.05, 3.63) is 51.5 Å². The van der Waals surface area contributed by atoms with Gasteiger partial charge in [-0.3, -0.25) is 4.79 Å². The summed E-state index contributed by atoms with van der Waals surface area (Å²) in [5, 5.41) is 2.82. The maximum atomic E-state index is 12.1. The first-order chi connectivity index (χ1) is 8.97. The molecule has 0 aliphatic heterocycles. The van der Waals surface area contributed by atoms with Gasteiger partial charge in [-0.2, -0.15) is 0 Å². The fraction of sp³-hybridized carbons (Fsp3) is 0.154. The molecule has 0 bridgehead atoms. The van der Waals surface area contributed by atoms with Crippen LogP contribution in [0.5, 0.6) is 0 Å². The monoisotopic (exact) mass is 295 g/mol. The summed E-state index contributed by atoms with van der Waals surface area (Å²) in [4.78, 5) is 19.6. The predicted octanol–water partition coefficient (Wildman–Crippen LogP) is 3.65. The first kappa shape index (κ1) is 13.8. The molecule has 2 rings (SSSR count). The third-order valence-electron chi connectivity index (χ3n) is 2.60. The molecule has 0 saturated carbocycles. The summed E-state index contributed by atoms with van der Waals surface area (Å²) >= 11 is 11.5. The molecule has 4 nitrogen and oxygen atoms in total. The third-order valence-corrected chi connectivity index (χ3v) is 3.07. The van der Waals surface area contributed by atoms with Crippen molar-refractivity contribution < 1.29 is 4.79 Å². The van der Waals surface area contributed by atoms with E-state index in [9.17, 15) is 4.79 Å². The maximum Gasteiger partial charge on any atom is 0.260 e. The summed E-state index contributed by atoms with van der Waals surface area (Å²) in [5.74, 6) is -0.365. The van der Waals surface area contributed by atoms with Gasteiger partial charge in [0, 0.05) is 11.9 Å². The van der Waals surface area contributed by atoms with Crippen LogP contribution in [0.3, 0.4) is 0 Å². The molecular formula is C13H11Cl2N3O. The Hall–Kier alpha value is -1.65. The number of rotatable bonds is 2. The minimum atomic E-state index is -0.365. The lowest BCUT2D eigenvalue weighted by Gasteiger charge is -2.09. The van der Waals surface area contributed by atoms with E-state index in [0.717, 1.165) is 16.8 Å². The molecule has 1 N–H and O–H groups in total. The van der Waals surface area contributed by atoms with Crippen molar-refractivity contribution in [3.8, 4) is 0 Å². The van der Waals surface area contributed by atoms with Crippen molar-refractivity contribution in [1.82, 2.24) is 9.97 Å². The van der Waals surface area contributed by atoms with E-state index in [1.807, 2.05) is 32.0 Å². The lowest BCUT2D eigenvalue weighted by molar-refractivity contribution is 0.102. The number of aryl methyl sites for hydroxylation is 2. The Bertz CT molecular complexity index is 644. The zero-order chi connectivity index (χ0) is 14.0. The molecule has 98 valence electrons. The van der Waals surface area contributed by atoms with E-state index < -0.39 is 0 Å². The SMILES string of the molecule is Cc1ccc(C)c(NC(=O)c2cnc(Cl)nc2Cl)c1. The van der Waals surface area contributed by atoms with Gasteiger partial charge in [0.15, 0.2) is 0 Å². The van der Waals surface area contributed by atoms with Crippen LogP contribution in [0.15, 0.2) is 24.4 Å². The predicted molar refractivity (Wildman–Crippen MR) is 75.9 cm³/mol. The largest absolute Gasteiger partial charge is 0.322 e. The van der Waals surface area contributed by atoms with Crippen LogP contribution in [0.4, 0.5) is 5.69 Å². The highest BCUT2D eigenvalue weighted by Crippen LogP contribution is 2.20. The van der Waals surface area contributed by atoms with Crippen molar-refractivity contribution in [2.75, 3.05) is 5.32 Å². The summed E-state index contributed by atoms with van der Waals surface area (Å²) in [6.07, 6.45) is 1.30. The topological polar surface area (TPSA) is 54.9 Å². The Labute approximate surface area is 120 Å². The van der Waals surface area contributed by atoms with Crippen molar-refractivity contribution in [1.29, 1.82) is 0 Å². The molecule has 1 amide bonds. The van der Waals surface area contributed by atoms with Crippen LogP contribution in [-0.4, -0.2) is 15.9 Å². The van der Waals surface area contributed by atoms with Crippen LogP contribution in [0.1, 0.15) is 21.5 Å². The molecular weight excluding hydrogens is 285 g/mol. The second-order valence-corrected chi connectivity index (χ2v) is 4.81. The Morgan fingerprint density at radius 2 is 2.00 bits per heavy atom. The van der Waals surface area contributed by atoms with Gasteiger partial charge < -0.3 is 5.32 Å². The van der Waals surface area contributed by atoms with E-state index in [0.29, 0.717) is 0 Å². The molecule has 1 aromatic carbocycles. The Morgan fingerprint density at radius 3 is 2.68 bits per heavy atom. The number of carbonyl (C=O) groups excluding carboxylic acids is 1. The number of hydrogen-bond acceptors (Lipinski definition) is 3. The standard InChI is InChI=1S/C13H11Cl2N3O/c1-7-3-4-8(2)10(5-7)17-12(19)9-6-16-13(15)18-11(9)14/h3-6H,1-2H3,(H,17,19). The van der Waals surface area contributed by atoms with Gasteiger partial charge in [0.1, 0.15) is 5.15 Å². The highest BCUT2D eigenvalue weighted by molar-refractivity contribution is 6.34. The lowest BCUT2D eigenvalue weighted by atomic mass is 10.1. The number of carbonyl (C=O) groups is 1. The average molecular weight is 296 g/mol. The first-order valence-corrected chi connectivity index (χ1v) is 6.29. The van der Waals surface area contributed by atoms with Crippen LogP contribution in [0.2, 0.25) is 10.4 Å². The molecule has 0 aliphatic rings. The van der Waals surface area contributed by atoms with Crippen molar-refractivity contribution in [2.45, 2.75) is 13.8 Å². The Morgan fingerprint density at radius 1 is 1.26 bits per heavy atom. The smallest absolute Gasteiger partial charge is 0.260 e. The van der Waals surface area contributed by atoms with Gasteiger partial charge in [-0.1, -0.05) is 23.7 Å². The van der Waals surface area contributed by atoms with Crippen LogP contribution in [0, 0.1) is 13.8 Å². The molecule has 0 fully saturated rings. The molecule has 2 aromatic rings. The van der Waals surface area contributed by atoms with Gasteiger partial charge in [0.05, 0.1) is 5.56 Å². The summed E-state index contributed by atoms with van der Waals surface area (Å²) in [6.45, 7) is 3.86. The summed E-state index contributed by atoms with van der Waals surface area (Å²) in [7, 11) is 0. The number of halogens is 2. The number of anilines is 1.